The summed E-state index contributed by atoms with van der Waals surface area (Å²) < 4.78 is 17.4. The van der Waals surface area contributed by atoms with Gasteiger partial charge in [-0.05, 0) is 30.3 Å². The molecule has 1 amide bonds. The lowest BCUT2D eigenvalue weighted by Gasteiger charge is -2.12. The highest BCUT2D eigenvalue weighted by Gasteiger charge is 2.16. The summed E-state index contributed by atoms with van der Waals surface area (Å²) in [5.74, 6) is 1.11. The van der Waals surface area contributed by atoms with E-state index >= 15 is 0 Å². The number of methoxy groups -OCH3 is 3. The van der Waals surface area contributed by atoms with Crippen LogP contribution < -0.4 is 19.5 Å². The summed E-state index contributed by atoms with van der Waals surface area (Å²) in [4.78, 5) is 17.3. The van der Waals surface area contributed by atoms with Crippen molar-refractivity contribution in [2.24, 2.45) is 0 Å². The van der Waals surface area contributed by atoms with Gasteiger partial charge in [-0.2, -0.15) is 0 Å². The minimum absolute atomic E-state index is 0.289. The second kappa shape index (κ2) is 8.12. The second-order valence-electron chi connectivity index (χ2n) is 6.38. The zero-order valence-corrected chi connectivity index (χ0v) is 16.7. The number of anilines is 1. The highest BCUT2D eigenvalue weighted by atomic mass is 16.5. The lowest BCUT2D eigenvalue weighted by molar-refractivity contribution is 0.102. The van der Waals surface area contributed by atoms with Gasteiger partial charge in [-0.1, -0.05) is 18.2 Å². The Kier molecular flexibility index (Phi) is 5.21. The van der Waals surface area contributed by atoms with Crippen LogP contribution in [0.3, 0.4) is 0 Å². The fourth-order valence-corrected chi connectivity index (χ4v) is 3.10. The Morgan fingerprint density at radius 3 is 2.43 bits per heavy atom. The first kappa shape index (κ1) is 19.3. The van der Waals surface area contributed by atoms with Crippen molar-refractivity contribution in [3.8, 4) is 28.6 Å². The van der Waals surface area contributed by atoms with Crippen molar-refractivity contribution < 1.29 is 19.0 Å². The van der Waals surface area contributed by atoms with E-state index in [0.717, 1.165) is 11.3 Å². The molecule has 0 aliphatic carbocycles. The van der Waals surface area contributed by atoms with E-state index in [1.807, 2.05) is 36.5 Å². The molecule has 152 valence electrons. The van der Waals surface area contributed by atoms with Crippen LogP contribution in [0, 0.1) is 0 Å². The van der Waals surface area contributed by atoms with Gasteiger partial charge >= 0.3 is 0 Å². The molecule has 2 aromatic heterocycles. The quantitative estimate of drug-likeness (QED) is 0.528. The maximum atomic E-state index is 12.7. The van der Waals surface area contributed by atoms with E-state index in [4.69, 9.17) is 14.2 Å². The summed E-state index contributed by atoms with van der Waals surface area (Å²) >= 11 is 0. The number of hydrogen-bond acceptors (Lipinski definition) is 6. The number of hydrogen-bond donors (Lipinski definition) is 1. The maximum Gasteiger partial charge on any atom is 0.259 e. The average Bonchev–Trinajstić information content (AvgIpc) is 3.22. The van der Waals surface area contributed by atoms with E-state index < -0.39 is 0 Å². The van der Waals surface area contributed by atoms with E-state index in [2.05, 4.69) is 15.4 Å². The van der Waals surface area contributed by atoms with Gasteiger partial charge < -0.3 is 19.5 Å². The number of ether oxygens (including phenoxy) is 3. The number of para-hydroxylation sites is 1. The molecule has 0 aliphatic rings. The van der Waals surface area contributed by atoms with Crippen LogP contribution in [0.5, 0.6) is 17.4 Å². The smallest absolute Gasteiger partial charge is 0.259 e. The number of carbonyl (C=O) groups excluding carboxylic acids is 1. The van der Waals surface area contributed by atoms with Crippen LogP contribution >= 0.6 is 0 Å². The fourth-order valence-electron chi connectivity index (χ4n) is 3.10. The molecule has 0 fully saturated rings. The molecule has 0 saturated heterocycles. The Balaban J connectivity index is 1.55. The first-order valence-corrected chi connectivity index (χ1v) is 9.16. The van der Waals surface area contributed by atoms with Crippen molar-refractivity contribution in [1.82, 2.24) is 14.6 Å². The second-order valence-corrected chi connectivity index (χ2v) is 6.38. The van der Waals surface area contributed by atoms with Gasteiger partial charge in [0.25, 0.3) is 5.91 Å². The lowest BCUT2D eigenvalue weighted by atomic mass is 10.1. The van der Waals surface area contributed by atoms with Crippen LogP contribution in [0.1, 0.15) is 10.4 Å². The van der Waals surface area contributed by atoms with Crippen LogP contribution in [-0.4, -0.2) is 41.8 Å². The Morgan fingerprint density at radius 1 is 0.933 bits per heavy atom. The summed E-state index contributed by atoms with van der Waals surface area (Å²) in [6, 6.07) is 16.2. The first-order chi connectivity index (χ1) is 14.6. The minimum atomic E-state index is -0.289. The molecule has 30 heavy (non-hydrogen) atoms. The molecule has 8 nitrogen and oxygen atoms in total. The average molecular weight is 404 g/mol. The van der Waals surface area contributed by atoms with Crippen LogP contribution in [0.2, 0.25) is 0 Å². The molecule has 0 saturated carbocycles. The molecule has 0 atom stereocenters. The fraction of sp³-hybridized carbons (Fsp3) is 0.136. The summed E-state index contributed by atoms with van der Waals surface area (Å²) in [6.45, 7) is 0. The van der Waals surface area contributed by atoms with E-state index in [9.17, 15) is 4.79 Å². The van der Waals surface area contributed by atoms with E-state index in [1.54, 1.807) is 35.9 Å². The lowest BCUT2D eigenvalue weighted by Crippen LogP contribution is -2.13. The molecule has 0 bridgehead atoms. The zero-order valence-electron chi connectivity index (χ0n) is 16.7. The van der Waals surface area contributed by atoms with Crippen molar-refractivity contribution in [3.05, 3.63) is 66.4 Å². The Bertz CT molecular complexity index is 1200. The normalized spacial score (nSPS) is 10.6. The van der Waals surface area contributed by atoms with Crippen LogP contribution in [0.4, 0.5) is 5.69 Å². The molecule has 8 heteroatoms. The topological polar surface area (TPSA) is 87.0 Å². The number of nitrogens with one attached hydrogen (secondary N) is 1. The summed E-state index contributed by atoms with van der Waals surface area (Å²) in [7, 11) is 4.60. The SMILES string of the molecule is COc1ccc2nc(-c3ccc(NC(=O)c4cccc(OC)c4OC)cc3)cn2n1. The van der Waals surface area contributed by atoms with Gasteiger partial charge in [-0.25, -0.2) is 9.50 Å². The molecule has 2 heterocycles. The standard InChI is InChI=1S/C22H20N4O4/c1-28-18-6-4-5-16(21(18)30-3)22(27)23-15-9-7-14(8-10-15)17-13-26-19(24-17)11-12-20(25-26)29-2/h4-13H,1-3H3,(H,23,27). The van der Waals surface area contributed by atoms with Crippen molar-refractivity contribution in [2.75, 3.05) is 26.6 Å². The number of amides is 1. The number of carbonyl (C=O) groups is 1. The predicted octanol–water partition coefficient (Wildman–Crippen LogP) is 3.67. The van der Waals surface area contributed by atoms with E-state index in [-0.39, 0.29) is 5.91 Å². The number of aromatic nitrogens is 3. The molecular weight excluding hydrogens is 384 g/mol. The number of benzene rings is 2. The van der Waals surface area contributed by atoms with E-state index in [1.165, 1.54) is 14.2 Å². The summed E-state index contributed by atoms with van der Waals surface area (Å²) in [5.41, 5.74) is 3.42. The first-order valence-electron chi connectivity index (χ1n) is 9.16. The molecule has 0 unspecified atom stereocenters. The van der Waals surface area contributed by atoms with Crippen molar-refractivity contribution in [3.63, 3.8) is 0 Å². The predicted molar refractivity (Wildman–Crippen MR) is 112 cm³/mol. The van der Waals surface area contributed by atoms with Crippen LogP contribution in [-0.2, 0) is 0 Å². The van der Waals surface area contributed by atoms with Crippen molar-refractivity contribution in [1.29, 1.82) is 0 Å². The Hall–Kier alpha value is -4.07. The van der Waals surface area contributed by atoms with Gasteiger partial charge in [0.05, 0.1) is 38.8 Å². The maximum absolute atomic E-state index is 12.7. The summed E-state index contributed by atoms with van der Waals surface area (Å²) in [5, 5.41) is 7.19. The highest BCUT2D eigenvalue weighted by Crippen LogP contribution is 2.31. The molecule has 4 aromatic rings. The molecule has 4 rings (SSSR count). The molecular formula is C22H20N4O4. The molecule has 0 radical (unpaired) electrons. The Labute approximate surface area is 173 Å². The molecule has 0 aliphatic heterocycles. The molecule has 2 aromatic carbocycles. The third-order valence-electron chi connectivity index (χ3n) is 4.59. The number of imidazole rings is 1. The van der Waals surface area contributed by atoms with Crippen LogP contribution in [0.25, 0.3) is 16.9 Å². The van der Waals surface area contributed by atoms with Gasteiger partial charge in [0, 0.05) is 17.3 Å². The van der Waals surface area contributed by atoms with Gasteiger partial charge in [0.15, 0.2) is 17.1 Å². The Morgan fingerprint density at radius 2 is 1.73 bits per heavy atom. The minimum Gasteiger partial charge on any atom is -0.493 e. The van der Waals surface area contributed by atoms with Gasteiger partial charge in [0.1, 0.15) is 0 Å². The van der Waals surface area contributed by atoms with E-state index in [0.29, 0.717) is 34.3 Å². The van der Waals surface area contributed by atoms with Gasteiger partial charge in [-0.15, -0.1) is 5.10 Å². The summed E-state index contributed by atoms with van der Waals surface area (Å²) in [6.07, 6.45) is 1.83. The number of fused-ring (bicyclic) bond motifs is 1. The van der Waals surface area contributed by atoms with Crippen molar-refractivity contribution in [2.45, 2.75) is 0 Å². The van der Waals surface area contributed by atoms with Crippen molar-refractivity contribution >= 4 is 17.2 Å². The van der Waals surface area contributed by atoms with Gasteiger partial charge in [-0.3, -0.25) is 4.79 Å². The van der Waals surface area contributed by atoms with Gasteiger partial charge in [0.2, 0.25) is 5.88 Å². The third kappa shape index (κ3) is 3.62. The molecule has 1 N–H and O–H groups in total. The monoisotopic (exact) mass is 404 g/mol. The largest absolute Gasteiger partial charge is 0.493 e. The third-order valence-corrected chi connectivity index (χ3v) is 4.59. The highest BCUT2D eigenvalue weighted by molar-refractivity contribution is 6.06. The number of nitrogens with zero attached hydrogens (tertiary/aromatic N) is 3. The zero-order chi connectivity index (χ0) is 21.1. The number of rotatable bonds is 6. The molecule has 0 spiro atoms. The van der Waals surface area contributed by atoms with Crippen LogP contribution in [0.15, 0.2) is 60.8 Å².